The van der Waals surface area contributed by atoms with Crippen molar-refractivity contribution < 1.29 is 0 Å². The molecule has 78 valence electrons. The molecule has 0 aromatic carbocycles. The Bertz CT molecular complexity index is 321. The van der Waals surface area contributed by atoms with Crippen molar-refractivity contribution in [1.82, 2.24) is 4.90 Å². The Labute approximate surface area is 96.9 Å². The Morgan fingerprint density at radius 2 is 1.86 bits per heavy atom. The maximum Gasteiger partial charge on any atom is 0.0890 e. The van der Waals surface area contributed by atoms with E-state index in [1.54, 1.807) is 0 Å². The summed E-state index contributed by atoms with van der Waals surface area (Å²) in [6, 6.07) is 0. The maximum absolute atomic E-state index is 5.55. The van der Waals surface area contributed by atoms with Crippen molar-refractivity contribution in [1.29, 1.82) is 0 Å². The average molecular weight is 227 g/mol. The van der Waals surface area contributed by atoms with Crippen LogP contribution >= 0.6 is 24.4 Å². The van der Waals surface area contributed by atoms with E-state index in [4.69, 9.17) is 24.4 Å². The summed E-state index contributed by atoms with van der Waals surface area (Å²) < 4.78 is 0. The summed E-state index contributed by atoms with van der Waals surface area (Å²) in [5.41, 5.74) is 0.414. The molecule has 2 fully saturated rings. The Hall–Kier alpha value is -0.0200. The molecule has 0 aromatic heterocycles. The third-order valence-corrected chi connectivity index (χ3v) is 5.91. The smallest absolute Gasteiger partial charge is 0.0890 e. The zero-order valence-electron chi connectivity index (χ0n) is 9.26. The number of hydrogen-bond donors (Lipinski definition) is 0. The molecule has 0 radical (unpaired) electrons. The van der Waals surface area contributed by atoms with Crippen LogP contribution in [0.4, 0.5) is 0 Å². The number of piperidine rings is 1. The number of rotatable bonds is 0. The highest BCUT2D eigenvalue weighted by atomic mass is 32.1. The van der Waals surface area contributed by atoms with Crippen LogP contribution in [0.2, 0.25) is 0 Å². The second-order valence-corrected chi connectivity index (χ2v) is 6.15. The molecule has 14 heavy (non-hydrogen) atoms. The first-order valence-corrected chi connectivity index (χ1v) is 5.96. The van der Waals surface area contributed by atoms with Gasteiger partial charge in [0.2, 0.25) is 0 Å². The highest BCUT2D eigenvalue weighted by Gasteiger charge is 2.59. The third kappa shape index (κ3) is 0.951. The van der Waals surface area contributed by atoms with Crippen molar-refractivity contribution in [3.8, 4) is 0 Å². The summed E-state index contributed by atoms with van der Waals surface area (Å²) >= 11 is 11.0. The monoisotopic (exact) mass is 227 g/mol. The standard InChI is InChI=1S/C11H17NS2/c1-10(2)7-5-6-11(10,3)9(14)12(4)8(7)13/h7H,5-6H2,1-4H3/t7-,11+/m1/s1. The van der Waals surface area contributed by atoms with E-state index in [2.05, 4.69) is 25.7 Å². The quantitative estimate of drug-likeness (QED) is 0.586. The van der Waals surface area contributed by atoms with Crippen LogP contribution < -0.4 is 0 Å². The number of hydrogen-bond acceptors (Lipinski definition) is 2. The molecule has 3 heteroatoms. The van der Waals surface area contributed by atoms with Crippen molar-refractivity contribution >= 4 is 34.4 Å². The van der Waals surface area contributed by atoms with Gasteiger partial charge in [-0.25, -0.2) is 0 Å². The zero-order chi connectivity index (χ0) is 10.7. The van der Waals surface area contributed by atoms with Crippen LogP contribution in [-0.2, 0) is 0 Å². The van der Waals surface area contributed by atoms with Gasteiger partial charge in [-0.2, -0.15) is 0 Å². The molecular formula is C11H17NS2. The van der Waals surface area contributed by atoms with Crippen molar-refractivity contribution in [3.05, 3.63) is 0 Å². The normalized spacial score (nSPS) is 40.6. The Morgan fingerprint density at radius 3 is 2.43 bits per heavy atom. The lowest BCUT2D eigenvalue weighted by Gasteiger charge is -2.50. The molecule has 1 heterocycles. The van der Waals surface area contributed by atoms with Crippen LogP contribution in [0.25, 0.3) is 0 Å². The first-order chi connectivity index (χ1) is 6.32. The molecule has 1 saturated carbocycles. The molecule has 1 aliphatic carbocycles. The predicted molar refractivity (Wildman–Crippen MR) is 67.6 cm³/mol. The van der Waals surface area contributed by atoms with E-state index >= 15 is 0 Å². The number of fused-ring (bicyclic) bond motifs is 2. The summed E-state index contributed by atoms with van der Waals surface area (Å²) in [7, 11) is 2.02. The van der Waals surface area contributed by atoms with Crippen molar-refractivity contribution in [3.63, 3.8) is 0 Å². The van der Waals surface area contributed by atoms with E-state index in [-0.39, 0.29) is 10.8 Å². The van der Waals surface area contributed by atoms with Gasteiger partial charge in [0.1, 0.15) is 0 Å². The third-order valence-electron chi connectivity index (χ3n) is 4.63. The lowest BCUT2D eigenvalue weighted by molar-refractivity contribution is 0.162. The summed E-state index contributed by atoms with van der Waals surface area (Å²) in [5.74, 6) is 0.541. The van der Waals surface area contributed by atoms with Gasteiger partial charge in [-0.3, -0.25) is 0 Å². The van der Waals surface area contributed by atoms with Gasteiger partial charge in [-0.15, -0.1) is 0 Å². The Balaban J connectivity index is 2.55. The number of thiocarbonyl (C=S) groups is 2. The first-order valence-electron chi connectivity index (χ1n) is 5.14. The van der Waals surface area contributed by atoms with E-state index in [1.807, 2.05) is 7.05 Å². The molecular weight excluding hydrogens is 210 g/mol. The van der Waals surface area contributed by atoms with Crippen molar-refractivity contribution in [2.24, 2.45) is 16.7 Å². The van der Waals surface area contributed by atoms with Crippen molar-refractivity contribution in [2.45, 2.75) is 33.6 Å². The van der Waals surface area contributed by atoms with Gasteiger partial charge in [-0.05, 0) is 18.3 Å². The molecule has 0 unspecified atom stereocenters. The Kier molecular flexibility index (Phi) is 2.07. The largest absolute Gasteiger partial charge is 0.333 e. The van der Waals surface area contributed by atoms with Crippen LogP contribution in [0.15, 0.2) is 0 Å². The highest BCUT2D eigenvalue weighted by molar-refractivity contribution is 7.82. The molecule has 1 aliphatic heterocycles. The highest BCUT2D eigenvalue weighted by Crippen LogP contribution is 2.60. The van der Waals surface area contributed by atoms with Crippen LogP contribution in [0.5, 0.6) is 0 Å². The zero-order valence-corrected chi connectivity index (χ0v) is 10.9. The van der Waals surface area contributed by atoms with Gasteiger partial charge in [0.15, 0.2) is 0 Å². The van der Waals surface area contributed by atoms with Gasteiger partial charge >= 0.3 is 0 Å². The van der Waals surface area contributed by atoms with Gasteiger partial charge in [0.05, 0.1) is 9.98 Å². The molecule has 2 bridgehead atoms. The number of likely N-dealkylation sites (tertiary alicyclic amines) is 1. The molecule has 2 aliphatic rings. The SMILES string of the molecule is CN1C(=S)[C@H]2CC[C@@](C)(C1=S)C2(C)C. The molecule has 0 aromatic rings. The van der Waals surface area contributed by atoms with E-state index < -0.39 is 0 Å². The minimum atomic E-state index is 0.171. The fourth-order valence-electron chi connectivity index (χ4n) is 3.02. The van der Waals surface area contributed by atoms with Gasteiger partial charge in [-0.1, -0.05) is 45.2 Å². The molecule has 0 N–H and O–H groups in total. The Morgan fingerprint density at radius 1 is 1.29 bits per heavy atom. The lowest BCUT2D eigenvalue weighted by Crippen LogP contribution is -2.56. The average Bonchev–Trinajstić information content (AvgIpc) is 2.30. The predicted octanol–water partition coefficient (Wildman–Crippen LogP) is 3.03. The summed E-state index contributed by atoms with van der Waals surface area (Å²) in [5, 5.41) is 0. The van der Waals surface area contributed by atoms with Crippen LogP contribution in [0, 0.1) is 16.7 Å². The molecule has 0 spiro atoms. The molecule has 1 saturated heterocycles. The van der Waals surface area contributed by atoms with E-state index in [0.29, 0.717) is 5.92 Å². The van der Waals surface area contributed by atoms with Crippen molar-refractivity contribution in [2.75, 3.05) is 7.05 Å². The fraction of sp³-hybridized carbons (Fsp3) is 0.818. The lowest BCUT2D eigenvalue weighted by atomic mass is 9.63. The number of nitrogens with zero attached hydrogens (tertiary/aromatic N) is 1. The maximum atomic E-state index is 5.55. The molecule has 0 amide bonds. The second kappa shape index (κ2) is 2.76. The fourth-order valence-corrected chi connectivity index (χ4v) is 4.04. The molecule has 2 rings (SSSR count). The van der Waals surface area contributed by atoms with E-state index in [0.717, 1.165) is 9.98 Å². The molecule has 1 nitrogen and oxygen atoms in total. The first kappa shape index (κ1) is 10.5. The van der Waals surface area contributed by atoms with E-state index in [1.165, 1.54) is 12.8 Å². The van der Waals surface area contributed by atoms with Gasteiger partial charge in [0.25, 0.3) is 0 Å². The van der Waals surface area contributed by atoms with Crippen LogP contribution in [0.1, 0.15) is 33.6 Å². The molecule has 2 atom stereocenters. The van der Waals surface area contributed by atoms with Gasteiger partial charge < -0.3 is 4.90 Å². The van der Waals surface area contributed by atoms with E-state index in [9.17, 15) is 0 Å². The minimum absolute atomic E-state index is 0.171. The summed E-state index contributed by atoms with van der Waals surface area (Å²) in [4.78, 5) is 4.16. The van der Waals surface area contributed by atoms with Crippen LogP contribution in [0.3, 0.4) is 0 Å². The topological polar surface area (TPSA) is 3.24 Å². The second-order valence-electron chi connectivity index (χ2n) is 5.35. The minimum Gasteiger partial charge on any atom is -0.333 e. The summed E-state index contributed by atoms with van der Waals surface area (Å²) in [6.07, 6.45) is 2.39. The van der Waals surface area contributed by atoms with Gasteiger partial charge in [0, 0.05) is 18.4 Å². The van der Waals surface area contributed by atoms with Crippen LogP contribution in [-0.4, -0.2) is 21.9 Å². The summed E-state index contributed by atoms with van der Waals surface area (Å²) in [6.45, 7) is 6.93.